The number of nitrogens with zero attached hydrogens (tertiary/aromatic N) is 1. The van der Waals surface area contributed by atoms with E-state index >= 15 is 0 Å². The van der Waals surface area contributed by atoms with Gasteiger partial charge in [-0.15, -0.1) is 0 Å². The maximum atomic E-state index is 12.7. The molecule has 5 N–H and O–H groups in total. The number of nitrogens with one attached hydrogen (secondary N) is 3. The first-order chi connectivity index (χ1) is 14.6. The molecule has 10 nitrogen and oxygen atoms in total. The van der Waals surface area contributed by atoms with Crippen molar-refractivity contribution in [2.45, 2.75) is 71.4 Å². The van der Waals surface area contributed by atoms with E-state index in [4.69, 9.17) is 5.73 Å². The van der Waals surface area contributed by atoms with Gasteiger partial charge in [0.25, 0.3) is 11.8 Å². The number of carbonyl (C=O) groups excluding carboxylic acids is 5. The molecule has 0 aromatic rings. The van der Waals surface area contributed by atoms with Crippen LogP contribution in [0.1, 0.15) is 59.3 Å². The summed E-state index contributed by atoms with van der Waals surface area (Å²) >= 11 is 0. The highest BCUT2D eigenvalue weighted by molar-refractivity contribution is 6.12. The first-order valence-corrected chi connectivity index (χ1v) is 10.8. The number of urea groups is 1. The molecule has 0 fully saturated rings. The lowest BCUT2D eigenvalue weighted by Crippen LogP contribution is -2.54. The predicted molar refractivity (Wildman–Crippen MR) is 116 cm³/mol. The Bertz CT molecular complexity index is 674. The molecule has 1 aliphatic rings. The highest BCUT2D eigenvalue weighted by Crippen LogP contribution is 2.09. The van der Waals surface area contributed by atoms with E-state index in [-0.39, 0.29) is 48.6 Å². The van der Waals surface area contributed by atoms with E-state index in [0.29, 0.717) is 32.2 Å². The van der Waals surface area contributed by atoms with E-state index in [1.807, 2.05) is 20.8 Å². The third-order valence-electron chi connectivity index (χ3n) is 4.96. The lowest BCUT2D eigenvalue weighted by atomic mass is 10.0. The molecular weight excluding hydrogens is 402 g/mol. The smallest absolute Gasteiger partial charge is 0.312 e. The number of imide groups is 1. The van der Waals surface area contributed by atoms with Crippen LogP contribution in [0.2, 0.25) is 0 Å². The fourth-order valence-electron chi connectivity index (χ4n) is 3.25. The van der Waals surface area contributed by atoms with Gasteiger partial charge in [-0.3, -0.25) is 24.1 Å². The van der Waals surface area contributed by atoms with Gasteiger partial charge in [-0.1, -0.05) is 33.6 Å². The highest BCUT2D eigenvalue weighted by Gasteiger charge is 2.26. The molecule has 1 heterocycles. The van der Waals surface area contributed by atoms with Crippen LogP contribution >= 0.6 is 0 Å². The molecule has 0 radical (unpaired) electrons. The number of nitrogens with two attached hydrogens (primary N) is 1. The Morgan fingerprint density at radius 2 is 1.68 bits per heavy atom. The van der Waals surface area contributed by atoms with Crippen molar-refractivity contribution in [3.05, 3.63) is 12.2 Å². The Morgan fingerprint density at radius 1 is 1.03 bits per heavy atom. The normalized spacial score (nSPS) is 15.2. The summed E-state index contributed by atoms with van der Waals surface area (Å²) < 4.78 is 0. The third kappa shape index (κ3) is 9.63. The van der Waals surface area contributed by atoms with Crippen LogP contribution in [0.5, 0.6) is 0 Å². The molecular formula is C21H35N5O5. The molecule has 0 saturated heterocycles. The van der Waals surface area contributed by atoms with Crippen molar-refractivity contribution in [2.24, 2.45) is 11.7 Å². The Hall–Kier alpha value is -2.91. The van der Waals surface area contributed by atoms with Crippen LogP contribution in [0.4, 0.5) is 4.79 Å². The maximum Gasteiger partial charge on any atom is 0.312 e. The van der Waals surface area contributed by atoms with Gasteiger partial charge in [-0.25, -0.2) is 4.79 Å². The third-order valence-corrected chi connectivity index (χ3v) is 4.96. The van der Waals surface area contributed by atoms with Crippen molar-refractivity contribution in [3.63, 3.8) is 0 Å². The van der Waals surface area contributed by atoms with E-state index in [2.05, 4.69) is 16.0 Å². The molecule has 10 heteroatoms. The monoisotopic (exact) mass is 437 g/mol. The minimum atomic E-state index is -0.689. The summed E-state index contributed by atoms with van der Waals surface area (Å²) in [6.45, 7) is 6.22. The Balaban J connectivity index is 2.41. The first-order valence-electron chi connectivity index (χ1n) is 10.8. The van der Waals surface area contributed by atoms with Crippen molar-refractivity contribution < 1.29 is 24.0 Å². The van der Waals surface area contributed by atoms with Gasteiger partial charge in [0.1, 0.15) is 6.04 Å². The predicted octanol–water partition coefficient (Wildman–Crippen LogP) is 0.566. The van der Waals surface area contributed by atoms with E-state index in [9.17, 15) is 24.0 Å². The minimum absolute atomic E-state index is 0.116. The molecule has 1 rings (SSSR count). The van der Waals surface area contributed by atoms with Crippen molar-refractivity contribution in [1.82, 2.24) is 20.9 Å². The van der Waals surface area contributed by atoms with Crippen LogP contribution in [0, 0.1) is 5.92 Å². The molecule has 0 saturated carbocycles. The van der Waals surface area contributed by atoms with E-state index in [1.54, 1.807) is 0 Å². The van der Waals surface area contributed by atoms with Gasteiger partial charge in [0, 0.05) is 37.7 Å². The van der Waals surface area contributed by atoms with Crippen LogP contribution in [0.3, 0.4) is 0 Å². The van der Waals surface area contributed by atoms with Gasteiger partial charge in [0.2, 0.25) is 11.8 Å². The quantitative estimate of drug-likeness (QED) is 0.231. The average molecular weight is 438 g/mol. The highest BCUT2D eigenvalue weighted by atomic mass is 16.2. The van der Waals surface area contributed by atoms with Gasteiger partial charge in [0.05, 0.1) is 0 Å². The Morgan fingerprint density at radius 3 is 2.23 bits per heavy atom. The van der Waals surface area contributed by atoms with Crippen molar-refractivity contribution >= 4 is 29.7 Å². The topological polar surface area (TPSA) is 151 Å². The number of carbonyl (C=O) groups is 5. The molecule has 0 aromatic carbocycles. The minimum Gasteiger partial charge on any atom is -0.352 e. The fourth-order valence-corrected chi connectivity index (χ4v) is 3.25. The lowest BCUT2D eigenvalue weighted by molar-refractivity contribution is -0.137. The molecule has 0 aliphatic carbocycles. The summed E-state index contributed by atoms with van der Waals surface area (Å²) in [6.07, 6.45) is 6.12. The lowest BCUT2D eigenvalue weighted by Gasteiger charge is -2.25. The summed E-state index contributed by atoms with van der Waals surface area (Å²) in [5.74, 6) is -1.25. The van der Waals surface area contributed by atoms with E-state index < -0.39 is 12.1 Å². The van der Waals surface area contributed by atoms with E-state index in [0.717, 1.165) is 6.42 Å². The van der Waals surface area contributed by atoms with Gasteiger partial charge in [-0.05, 0) is 25.2 Å². The molecule has 2 atom stereocenters. The van der Waals surface area contributed by atoms with Gasteiger partial charge < -0.3 is 21.7 Å². The summed E-state index contributed by atoms with van der Waals surface area (Å²) in [6, 6.07) is -1.61. The zero-order chi connectivity index (χ0) is 23.4. The summed E-state index contributed by atoms with van der Waals surface area (Å²) in [5.41, 5.74) is 5.10. The maximum absolute atomic E-state index is 12.7. The van der Waals surface area contributed by atoms with Crippen molar-refractivity contribution in [3.8, 4) is 0 Å². The largest absolute Gasteiger partial charge is 0.352 e. The number of amides is 6. The molecule has 31 heavy (non-hydrogen) atoms. The number of hydrogen-bond acceptors (Lipinski definition) is 5. The molecule has 0 bridgehead atoms. The van der Waals surface area contributed by atoms with Crippen LogP contribution in [0.15, 0.2) is 12.2 Å². The second-order valence-corrected chi connectivity index (χ2v) is 8.00. The molecule has 0 spiro atoms. The number of hydrogen-bond donors (Lipinski definition) is 4. The Kier molecular flexibility index (Phi) is 11.3. The molecule has 0 aromatic heterocycles. The molecule has 6 amide bonds. The number of primary amides is 1. The standard InChI is InChI=1S/C21H35N5O5/c1-4-8-15(13-23-21(22)31)24-20(30)19(14(2)3)25-16(27)9-6-5-7-12-26-17(28)10-11-18(26)29/h10-11,14-15,19H,4-9,12-13H2,1-3H3,(H,24,30)(H,25,27)(H3,22,23,31)/t15?,19-/m0/s1. The molecule has 174 valence electrons. The summed E-state index contributed by atoms with van der Waals surface area (Å²) in [4.78, 5) is 60.1. The van der Waals surface area contributed by atoms with Crippen molar-refractivity contribution in [1.29, 1.82) is 0 Å². The van der Waals surface area contributed by atoms with Gasteiger partial charge in [-0.2, -0.15) is 0 Å². The number of rotatable bonds is 14. The van der Waals surface area contributed by atoms with Crippen LogP contribution in [-0.2, 0) is 19.2 Å². The average Bonchev–Trinajstić information content (AvgIpc) is 3.01. The summed E-state index contributed by atoms with van der Waals surface area (Å²) in [5, 5.41) is 8.16. The van der Waals surface area contributed by atoms with Gasteiger partial charge in [0.15, 0.2) is 0 Å². The summed E-state index contributed by atoms with van der Waals surface area (Å²) in [7, 11) is 0. The molecule has 1 unspecified atom stereocenters. The SMILES string of the molecule is CCCC(CNC(N)=O)NC(=O)[C@@H](NC(=O)CCCCCN1C(=O)C=CC1=O)C(C)C. The zero-order valence-electron chi connectivity index (χ0n) is 18.6. The van der Waals surface area contributed by atoms with E-state index in [1.165, 1.54) is 17.1 Å². The van der Waals surface area contributed by atoms with Crippen LogP contribution < -0.4 is 21.7 Å². The van der Waals surface area contributed by atoms with Crippen molar-refractivity contribution in [2.75, 3.05) is 13.1 Å². The van der Waals surface area contributed by atoms with Gasteiger partial charge >= 0.3 is 6.03 Å². The Labute approximate surface area is 183 Å². The first kappa shape index (κ1) is 26.1. The zero-order valence-corrected chi connectivity index (χ0v) is 18.6. The van der Waals surface area contributed by atoms with Crippen LogP contribution in [-0.4, -0.2) is 59.7 Å². The van der Waals surface area contributed by atoms with Crippen LogP contribution in [0.25, 0.3) is 0 Å². The second-order valence-electron chi connectivity index (χ2n) is 8.00. The second kappa shape index (κ2) is 13.4. The number of unbranched alkanes of at least 4 members (excludes halogenated alkanes) is 2. The molecule has 1 aliphatic heterocycles. The fraction of sp³-hybridized carbons (Fsp3) is 0.667.